The molecule has 4 rings (SSSR count). The van der Waals surface area contributed by atoms with Gasteiger partial charge in [0.05, 0.1) is 13.2 Å². The van der Waals surface area contributed by atoms with Crippen LogP contribution in [0.1, 0.15) is 33.1 Å². The van der Waals surface area contributed by atoms with Gasteiger partial charge in [0, 0.05) is 22.0 Å². The molecule has 0 radical (unpaired) electrons. The van der Waals surface area contributed by atoms with Crippen molar-refractivity contribution in [3.63, 3.8) is 0 Å². The van der Waals surface area contributed by atoms with Crippen LogP contribution in [-0.2, 0) is 19.1 Å². The lowest BCUT2D eigenvalue weighted by atomic mass is 9.98. The highest BCUT2D eigenvalue weighted by molar-refractivity contribution is 5.87. The van der Waals surface area contributed by atoms with Crippen LogP contribution in [0, 0.1) is 22.7 Å². The van der Waals surface area contributed by atoms with Crippen molar-refractivity contribution in [2.45, 2.75) is 33.1 Å². The van der Waals surface area contributed by atoms with Crippen molar-refractivity contribution in [3.05, 3.63) is 24.3 Å². The monoisotopic (exact) mass is 290 g/mol. The van der Waals surface area contributed by atoms with E-state index in [0.29, 0.717) is 36.2 Å². The van der Waals surface area contributed by atoms with Crippen molar-refractivity contribution < 1.29 is 19.1 Å². The first-order valence-corrected chi connectivity index (χ1v) is 7.48. The molecule has 21 heavy (non-hydrogen) atoms. The highest BCUT2D eigenvalue weighted by atomic mass is 16.5. The molecule has 4 saturated carbocycles. The van der Waals surface area contributed by atoms with E-state index < -0.39 is 0 Å². The molecular formula is C17H22O4. The first-order chi connectivity index (χ1) is 9.82. The second-order valence-corrected chi connectivity index (χ2v) is 7.09. The van der Waals surface area contributed by atoms with Gasteiger partial charge in [-0.25, -0.2) is 9.59 Å². The average Bonchev–Trinajstić information content (AvgIpc) is 2.88. The van der Waals surface area contributed by atoms with E-state index in [0.717, 1.165) is 12.8 Å². The molecule has 4 bridgehead atoms. The first kappa shape index (κ1) is 14.4. The van der Waals surface area contributed by atoms with E-state index in [1.807, 2.05) is 0 Å². The SMILES string of the molecule is C=C(C)C(=O)OCC12CC3CC1C2(COC(=O)C(=C)C)C3. The maximum absolute atomic E-state index is 11.6. The molecule has 4 fully saturated rings. The summed E-state index contributed by atoms with van der Waals surface area (Å²) >= 11 is 0. The van der Waals surface area contributed by atoms with Crippen LogP contribution in [0.15, 0.2) is 24.3 Å². The van der Waals surface area contributed by atoms with Crippen molar-refractivity contribution in [1.29, 1.82) is 0 Å². The third-order valence-electron chi connectivity index (χ3n) is 5.74. The van der Waals surface area contributed by atoms with Crippen molar-refractivity contribution in [3.8, 4) is 0 Å². The number of hydrogen-bond donors (Lipinski definition) is 0. The van der Waals surface area contributed by atoms with Gasteiger partial charge >= 0.3 is 11.9 Å². The number of hydrogen-bond acceptors (Lipinski definition) is 4. The molecule has 114 valence electrons. The summed E-state index contributed by atoms with van der Waals surface area (Å²) in [6, 6.07) is 0. The molecule has 0 aromatic carbocycles. The average molecular weight is 290 g/mol. The van der Waals surface area contributed by atoms with E-state index in [1.54, 1.807) is 13.8 Å². The summed E-state index contributed by atoms with van der Waals surface area (Å²) < 4.78 is 10.8. The molecule has 4 aliphatic carbocycles. The molecule has 0 saturated heterocycles. The molecule has 0 N–H and O–H groups in total. The van der Waals surface area contributed by atoms with Gasteiger partial charge in [-0.2, -0.15) is 0 Å². The van der Waals surface area contributed by atoms with Crippen molar-refractivity contribution in [2.75, 3.05) is 13.2 Å². The van der Waals surface area contributed by atoms with Crippen LogP contribution in [0.5, 0.6) is 0 Å². The lowest BCUT2D eigenvalue weighted by Crippen LogP contribution is -2.23. The van der Waals surface area contributed by atoms with Crippen LogP contribution in [-0.4, -0.2) is 25.2 Å². The first-order valence-electron chi connectivity index (χ1n) is 7.48. The van der Waals surface area contributed by atoms with Crippen LogP contribution < -0.4 is 0 Å². The van der Waals surface area contributed by atoms with Gasteiger partial charge < -0.3 is 9.47 Å². The quantitative estimate of drug-likeness (QED) is 0.557. The van der Waals surface area contributed by atoms with Gasteiger partial charge in [-0.1, -0.05) is 13.2 Å². The largest absolute Gasteiger partial charge is 0.462 e. The highest BCUT2D eigenvalue weighted by Gasteiger charge is 2.85. The van der Waals surface area contributed by atoms with E-state index in [4.69, 9.17) is 9.47 Å². The van der Waals surface area contributed by atoms with Gasteiger partial charge in [-0.3, -0.25) is 0 Å². The zero-order valence-electron chi connectivity index (χ0n) is 12.7. The highest BCUT2D eigenvalue weighted by Crippen LogP contribution is 2.87. The lowest BCUT2D eigenvalue weighted by molar-refractivity contribution is -0.144. The number of rotatable bonds is 6. The molecule has 4 aliphatic rings. The van der Waals surface area contributed by atoms with Crippen molar-refractivity contribution >= 4 is 11.9 Å². The molecule has 0 amide bonds. The number of carbonyl (C=O) groups is 2. The molecule has 0 heterocycles. The topological polar surface area (TPSA) is 52.6 Å². The fourth-order valence-electron chi connectivity index (χ4n) is 4.83. The Morgan fingerprint density at radius 3 is 1.76 bits per heavy atom. The summed E-state index contributed by atoms with van der Waals surface area (Å²) in [5.41, 5.74) is 0.935. The fourth-order valence-corrected chi connectivity index (χ4v) is 4.83. The molecule has 4 nitrogen and oxygen atoms in total. The van der Waals surface area contributed by atoms with Crippen LogP contribution >= 0.6 is 0 Å². The Morgan fingerprint density at radius 1 is 1.00 bits per heavy atom. The summed E-state index contributed by atoms with van der Waals surface area (Å²) in [6.45, 7) is 11.4. The second kappa shape index (κ2) is 4.46. The summed E-state index contributed by atoms with van der Waals surface area (Å²) in [7, 11) is 0. The normalized spacial score (nSPS) is 38.0. The summed E-state index contributed by atoms with van der Waals surface area (Å²) in [5.74, 6) is 0.578. The third-order valence-corrected chi connectivity index (χ3v) is 5.74. The maximum Gasteiger partial charge on any atom is 0.333 e. The second-order valence-electron chi connectivity index (χ2n) is 7.09. The number of ether oxygens (including phenoxy) is 2. The minimum atomic E-state index is -0.326. The van der Waals surface area contributed by atoms with Crippen molar-refractivity contribution in [2.24, 2.45) is 22.7 Å². The Kier molecular flexibility index (Phi) is 3.05. The lowest BCUT2D eigenvalue weighted by Gasteiger charge is -2.18. The predicted molar refractivity (Wildman–Crippen MR) is 77.2 cm³/mol. The van der Waals surface area contributed by atoms with Gasteiger partial charge in [0.1, 0.15) is 0 Å². The van der Waals surface area contributed by atoms with E-state index in [-0.39, 0.29) is 22.8 Å². The zero-order chi connectivity index (χ0) is 15.4. The molecule has 0 aliphatic heterocycles. The standard InChI is InChI=1S/C17H22O4/c1-10(2)14(18)20-8-16-6-12-5-13(16)17(16,7-12)9-21-15(19)11(3)4/h12-13H,1,3,5-9H2,2,4H3. The number of esters is 2. The van der Waals surface area contributed by atoms with Gasteiger partial charge in [0.25, 0.3) is 0 Å². The Hall–Kier alpha value is -1.58. The van der Waals surface area contributed by atoms with E-state index in [9.17, 15) is 9.59 Å². The predicted octanol–water partition coefficient (Wildman–Crippen LogP) is 2.64. The van der Waals surface area contributed by atoms with Crippen LogP contribution in [0.4, 0.5) is 0 Å². The molecule has 2 unspecified atom stereocenters. The minimum Gasteiger partial charge on any atom is -0.462 e. The Labute approximate surface area is 125 Å². The summed E-state index contributed by atoms with van der Waals surface area (Å²) in [5, 5.41) is 0. The van der Waals surface area contributed by atoms with E-state index in [1.165, 1.54) is 6.42 Å². The Balaban J connectivity index is 1.64. The molecule has 4 heteroatoms. The molecule has 0 spiro atoms. The van der Waals surface area contributed by atoms with Gasteiger partial charge in [-0.15, -0.1) is 0 Å². The smallest absolute Gasteiger partial charge is 0.333 e. The van der Waals surface area contributed by atoms with E-state index in [2.05, 4.69) is 13.2 Å². The van der Waals surface area contributed by atoms with Crippen LogP contribution in [0.25, 0.3) is 0 Å². The Morgan fingerprint density at radius 2 is 1.43 bits per heavy atom. The minimum absolute atomic E-state index is 0.0398. The summed E-state index contributed by atoms with van der Waals surface area (Å²) in [6.07, 6.45) is 3.35. The van der Waals surface area contributed by atoms with Crippen LogP contribution in [0.2, 0.25) is 0 Å². The van der Waals surface area contributed by atoms with Gasteiger partial charge in [0.15, 0.2) is 0 Å². The van der Waals surface area contributed by atoms with Gasteiger partial charge in [0.2, 0.25) is 0 Å². The fraction of sp³-hybridized carbons (Fsp3) is 0.647. The third kappa shape index (κ3) is 1.88. The molecular weight excluding hydrogens is 268 g/mol. The molecule has 0 aromatic heterocycles. The molecule has 2 atom stereocenters. The Bertz CT molecular complexity index is 503. The maximum atomic E-state index is 11.6. The van der Waals surface area contributed by atoms with Gasteiger partial charge in [-0.05, 0) is 44.9 Å². The van der Waals surface area contributed by atoms with Crippen LogP contribution in [0.3, 0.4) is 0 Å². The molecule has 0 aromatic rings. The van der Waals surface area contributed by atoms with E-state index >= 15 is 0 Å². The van der Waals surface area contributed by atoms with Crippen molar-refractivity contribution in [1.82, 2.24) is 0 Å². The zero-order valence-corrected chi connectivity index (χ0v) is 12.7. The number of carbonyl (C=O) groups excluding carboxylic acids is 2. The summed E-state index contributed by atoms with van der Waals surface area (Å²) in [4.78, 5) is 23.2.